The van der Waals surface area contributed by atoms with Gasteiger partial charge in [-0.25, -0.2) is 0 Å². The van der Waals surface area contributed by atoms with Crippen molar-refractivity contribution in [3.8, 4) is 0 Å². The minimum atomic E-state index is -1.09. The van der Waals surface area contributed by atoms with E-state index in [1.807, 2.05) is 0 Å². The number of nitrogens with two attached hydrogens (primary N) is 2. The van der Waals surface area contributed by atoms with Crippen LogP contribution in [-0.2, 0) is 9.59 Å². The second-order valence-corrected chi connectivity index (χ2v) is 2.23. The molecule has 0 saturated heterocycles. The molecule has 0 aliphatic carbocycles. The summed E-state index contributed by atoms with van der Waals surface area (Å²) >= 11 is 0. The smallest absolute Gasteiger partial charge is 0.320 e. The lowest BCUT2D eigenvalue weighted by Gasteiger charge is -2.03. The van der Waals surface area contributed by atoms with E-state index in [1.165, 1.54) is 0 Å². The van der Waals surface area contributed by atoms with Gasteiger partial charge in [-0.2, -0.15) is 0 Å². The third kappa shape index (κ3) is 4.46. The normalized spacial score (nSPS) is 12.5. The monoisotopic (exact) mass is 160 g/mol. The first-order chi connectivity index (χ1) is 5.07. The lowest BCUT2D eigenvalue weighted by molar-refractivity contribution is -0.138. The van der Waals surface area contributed by atoms with Crippen molar-refractivity contribution < 1.29 is 14.7 Å². The van der Waals surface area contributed by atoms with Crippen LogP contribution in [0.25, 0.3) is 0 Å². The topological polar surface area (TPSA) is 106 Å². The van der Waals surface area contributed by atoms with Crippen LogP contribution in [0.4, 0.5) is 0 Å². The van der Waals surface area contributed by atoms with Crippen LogP contribution < -0.4 is 11.5 Å². The Balaban J connectivity index is 3.54. The maximum atomic E-state index is 10.6. The number of hydrogen-bond donors (Lipinski definition) is 3. The average molecular weight is 160 g/mol. The Morgan fingerprint density at radius 1 is 1.45 bits per heavy atom. The third-order valence-electron chi connectivity index (χ3n) is 1.28. The molecule has 0 aromatic carbocycles. The van der Waals surface area contributed by atoms with Crippen molar-refractivity contribution in [3.63, 3.8) is 0 Å². The van der Waals surface area contributed by atoms with E-state index in [2.05, 4.69) is 0 Å². The molecule has 0 aromatic rings. The molecule has 0 aromatic heterocycles. The molecule has 0 amide bonds. The van der Waals surface area contributed by atoms with Crippen molar-refractivity contribution in [2.24, 2.45) is 11.5 Å². The highest BCUT2D eigenvalue weighted by Gasteiger charge is 2.12. The van der Waals surface area contributed by atoms with Crippen LogP contribution in [0.15, 0.2) is 0 Å². The minimum Gasteiger partial charge on any atom is -0.480 e. The quantitative estimate of drug-likeness (QED) is 0.463. The van der Waals surface area contributed by atoms with Crippen LogP contribution in [0.3, 0.4) is 0 Å². The van der Waals surface area contributed by atoms with Gasteiger partial charge in [0.2, 0.25) is 0 Å². The Kier molecular flexibility index (Phi) is 4.40. The van der Waals surface area contributed by atoms with E-state index in [-0.39, 0.29) is 25.2 Å². The zero-order valence-electron chi connectivity index (χ0n) is 6.12. The zero-order valence-corrected chi connectivity index (χ0v) is 6.12. The Morgan fingerprint density at radius 2 is 2.00 bits per heavy atom. The first-order valence-electron chi connectivity index (χ1n) is 3.28. The van der Waals surface area contributed by atoms with Gasteiger partial charge >= 0.3 is 5.97 Å². The Bertz CT molecular complexity index is 158. The van der Waals surface area contributed by atoms with Gasteiger partial charge in [-0.15, -0.1) is 0 Å². The molecule has 5 nitrogen and oxygen atoms in total. The number of Topliss-reactive ketones (excluding diaryl/α,β-unsaturated/α-hetero) is 1. The summed E-state index contributed by atoms with van der Waals surface area (Å²) in [5.74, 6) is -1.25. The van der Waals surface area contributed by atoms with Crippen molar-refractivity contribution in [1.82, 2.24) is 0 Å². The number of carboxylic acid groups (broad SMARTS) is 1. The van der Waals surface area contributed by atoms with Crippen LogP contribution in [-0.4, -0.2) is 29.4 Å². The van der Waals surface area contributed by atoms with E-state index in [1.54, 1.807) is 0 Å². The summed E-state index contributed by atoms with van der Waals surface area (Å²) in [6, 6.07) is -0.953. The molecule has 0 radical (unpaired) electrons. The molecular weight excluding hydrogens is 148 g/mol. The van der Waals surface area contributed by atoms with Crippen molar-refractivity contribution in [1.29, 1.82) is 0 Å². The first kappa shape index (κ1) is 10.1. The van der Waals surface area contributed by atoms with Gasteiger partial charge in [0, 0.05) is 6.42 Å². The van der Waals surface area contributed by atoms with Crippen LogP contribution in [0, 0.1) is 0 Å². The summed E-state index contributed by atoms with van der Waals surface area (Å²) in [6.45, 7) is -0.0493. The molecule has 0 rings (SSSR count). The molecule has 1 atom stereocenters. The molecule has 0 bridgehead atoms. The number of carboxylic acids is 1. The summed E-state index contributed by atoms with van der Waals surface area (Å²) < 4.78 is 0. The fourth-order valence-electron chi connectivity index (χ4n) is 0.542. The van der Waals surface area contributed by atoms with Crippen molar-refractivity contribution in [2.75, 3.05) is 6.54 Å². The van der Waals surface area contributed by atoms with Gasteiger partial charge < -0.3 is 16.6 Å². The number of rotatable bonds is 5. The number of ketones is 1. The van der Waals surface area contributed by atoms with E-state index in [9.17, 15) is 9.59 Å². The molecule has 5 heteroatoms. The molecule has 64 valence electrons. The molecule has 0 aliphatic rings. The maximum Gasteiger partial charge on any atom is 0.320 e. The van der Waals surface area contributed by atoms with E-state index in [0.717, 1.165) is 0 Å². The lowest BCUT2D eigenvalue weighted by Crippen LogP contribution is -2.31. The van der Waals surface area contributed by atoms with Crippen LogP contribution in [0.2, 0.25) is 0 Å². The average Bonchev–Trinajstić information content (AvgIpc) is 1.99. The molecule has 0 fully saturated rings. The largest absolute Gasteiger partial charge is 0.480 e. The summed E-state index contributed by atoms with van der Waals surface area (Å²) in [5, 5.41) is 8.30. The summed E-state index contributed by atoms with van der Waals surface area (Å²) in [7, 11) is 0. The Labute approximate surface area is 64.4 Å². The molecule has 11 heavy (non-hydrogen) atoms. The molecule has 5 N–H and O–H groups in total. The van der Waals surface area contributed by atoms with E-state index in [0.29, 0.717) is 0 Å². The number of carbonyl (C=O) groups excluding carboxylic acids is 1. The first-order valence-corrected chi connectivity index (χ1v) is 3.28. The minimum absolute atomic E-state index is 0.0493. The van der Waals surface area contributed by atoms with Crippen molar-refractivity contribution in [3.05, 3.63) is 0 Å². The van der Waals surface area contributed by atoms with Gasteiger partial charge in [0.1, 0.15) is 11.8 Å². The second-order valence-electron chi connectivity index (χ2n) is 2.23. The number of aliphatic carboxylic acids is 1. The highest BCUT2D eigenvalue weighted by molar-refractivity contribution is 5.81. The SMILES string of the molecule is NCC(=O)CCC(N)C(=O)O. The van der Waals surface area contributed by atoms with Crippen LogP contribution >= 0.6 is 0 Å². The van der Waals surface area contributed by atoms with Crippen LogP contribution in [0.1, 0.15) is 12.8 Å². The molecule has 0 heterocycles. The van der Waals surface area contributed by atoms with Gasteiger partial charge in [0.25, 0.3) is 0 Å². The Morgan fingerprint density at radius 3 is 2.36 bits per heavy atom. The van der Waals surface area contributed by atoms with Crippen LogP contribution in [0.5, 0.6) is 0 Å². The number of carbonyl (C=O) groups is 2. The Hall–Kier alpha value is -0.940. The number of hydrogen-bond acceptors (Lipinski definition) is 4. The highest BCUT2D eigenvalue weighted by Crippen LogP contribution is 1.94. The summed E-state index contributed by atoms with van der Waals surface area (Å²) in [6.07, 6.45) is 0.301. The van der Waals surface area contributed by atoms with Gasteiger partial charge in [0.15, 0.2) is 0 Å². The molecule has 1 unspecified atom stereocenters. The molecule has 0 aliphatic heterocycles. The fraction of sp³-hybridized carbons (Fsp3) is 0.667. The molecule has 0 saturated carbocycles. The van der Waals surface area contributed by atoms with Gasteiger partial charge in [0.05, 0.1) is 6.54 Å². The lowest BCUT2D eigenvalue weighted by atomic mass is 10.1. The second kappa shape index (κ2) is 4.81. The summed E-state index contributed by atoms with van der Waals surface area (Å²) in [5.41, 5.74) is 10.1. The van der Waals surface area contributed by atoms with Gasteiger partial charge in [-0.3, -0.25) is 9.59 Å². The van der Waals surface area contributed by atoms with Gasteiger partial charge in [-0.05, 0) is 6.42 Å². The highest BCUT2D eigenvalue weighted by atomic mass is 16.4. The fourth-order valence-corrected chi connectivity index (χ4v) is 0.542. The van der Waals surface area contributed by atoms with Crippen molar-refractivity contribution >= 4 is 11.8 Å². The molecular formula is C6H12N2O3. The van der Waals surface area contributed by atoms with E-state index >= 15 is 0 Å². The molecule has 0 spiro atoms. The van der Waals surface area contributed by atoms with Gasteiger partial charge in [-0.1, -0.05) is 0 Å². The van der Waals surface area contributed by atoms with E-state index < -0.39 is 12.0 Å². The standard InChI is InChI=1S/C6H12N2O3/c7-3-4(9)1-2-5(8)6(10)11/h5H,1-3,7-8H2,(H,10,11). The maximum absolute atomic E-state index is 10.6. The summed E-state index contributed by atoms with van der Waals surface area (Å²) in [4.78, 5) is 20.7. The van der Waals surface area contributed by atoms with Crippen molar-refractivity contribution in [2.45, 2.75) is 18.9 Å². The van der Waals surface area contributed by atoms with E-state index in [4.69, 9.17) is 16.6 Å². The third-order valence-corrected chi connectivity index (χ3v) is 1.28. The predicted octanol–water partition coefficient (Wildman–Crippen LogP) is -1.29. The predicted molar refractivity (Wildman–Crippen MR) is 38.9 cm³/mol. The zero-order chi connectivity index (χ0) is 8.85.